The van der Waals surface area contributed by atoms with E-state index in [0.717, 1.165) is 21.3 Å². The maximum absolute atomic E-state index is 12.5. The Labute approximate surface area is 167 Å². The normalized spacial score (nSPS) is 10.8. The van der Waals surface area contributed by atoms with Gasteiger partial charge in [0.2, 0.25) is 5.88 Å². The van der Waals surface area contributed by atoms with Gasteiger partial charge in [-0.2, -0.15) is 0 Å². The van der Waals surface area contributed by atoms with E-state index in [0.29, 0.717) is 23.7 Å². The zero-order chi connectivity index (χ0) is 19.5. The zero-order valence-corrected chi connectivity index (χ0v) is 16.4. The van der Waals surface area contributed by atoms with Crippen molar-refractivity contribution in [1.29, 1.82) is 0 Å². The zero-order valence-electron chi connectivity index (χ0n) is 15.6. The fourth-order valence-corrected chi connectivity index (χ4v) is 3.91. The molecule has 0 spiro atoms. The Bertz CT molecular complexity index is 1140. The first-order chi connectivity index (χ1) is 13.6. The Morgan fingerprint density at radius 1 is 1.07 bits per heavy atom. The molecule has 0 fully saturated rings. The molecule has 2 aromatic carbocycles. The predicted molar refractivity (Wildman–Crippen MR) is 111 cm³/mol. The van der Waals surface area contributed by atoms with Gasteiger partial charge in [-0.25, -0.2) is 9.97 Å². The van der Waals surface area contributed by atoms with Crippen LogP contribution >= 0.6 is 11.3 Å². The molecule has 6 heteroatoms. The minimum atomic E-state index is -0.148. The van der Waals surface area contributed by atoms with E-state index in [9.17, 15) is 4.79 Å². The first-order valence-electron chi connectivity index (χ1n) is 8.92. The molecule has 0 aliphatic heterocycles. The Morgan fingerprint density at radius 2 is 1.89 bits per heavy atom. The monoisotopic (exact) mass is 389 g/mol. The summed E-state index contributed by atoms with van der Waals surface area (Å²) in [5.41, 5.74) is 2.71. The number of amides is 1. The number of aromatic nitrogens is 2. The number of aryl methyl sites for hydroxylation is 2. The van der Waals surface area contributed by atoms with E-state index in [1.165, 1.54) is 11.2 Å². The Balaban J connectivity index is 1.54. The van der Waals surface area contributed by atoms with Crippen molar-refractivity contribution in [3.05, 3.63) is 82.5 Å². The van der Waals surface area contributed by atoms with E-state index in [1.54, 1.807) is 29.5 Å². The average molecular weight is 389 g/mol. The number of hydrogen-bond donors (Lipinski definition) is 1. The van der Waals surface area contributed by atoms with Gasteiger partial charge in [0.15, 0.2) is 0 Å². The number of carbonyl (C=O) groups excluding carboxylic acids is 1. The first kappa shape index (κ1) is 18.1. The van der Waals surface area contributed by atoms with Gasteiger partial charge in [0.25, 0.3) is 5.91 Å². The van der Waals surface area contributed by atoms with Crippen LogP contribution in [0.25, 0.3) is 10.2 Å². The molecule has 4 aromatic rings. The van der Waals surface area contributed by atoms with Gasteiger partial charge in [0.05, 0.1) is 5.39 Å². The number of nitrogens with one attached hydrogen (secondary N) is 1. The van der Waals surface area contributed by atoms with E-state index in [4.69, 9.17) is 4.74 Å². The lowest BCUT2D eigenvalue weighted by atomic mass is 10.2. The first-order valence-corrected chi connectivity index (χ1v) is 9.74. The van der Waals surface area contributed by atoms with Gasteiger partial charge in [-0.15, -0.1) is 11.3 Å². The van der Waals surface area contributed by atoms with Crippen LogP contribution < -0.4 is 10.1 Å². The highest BCUT2D eigenvalue weighted by atomic mass is 32.1. The summed E-state index contributed by atoms with van der Waals surface area (Å²) >= 11 is 1.62. The van der Waals surface area contributed by atoms with Gasteiger partial charge >= 0.3 is 0 Å². The summed E-state index contributed by atoms with van der Waals surface area (Å²) in [5, 5.41) is 3.85. The van der Waals surface area contributed by atoms with Crippen LogP contribution in [0.15, 0.2) is 60.9 Å². The minimum Gasteiger partial charge on any atom is -0.438 e. The maximum Gasteiger partial charge on any atom is 0.251 e. The molecule has 0 unspecified atom stereocenters. The molecule has 0 bridgehead atoms. The van der Waals surface area contributed by atoms with E-state index < -0.39 is 0 Å². The highest BCUT2D eigenvalue weighted by Gasteiger charge is 2.14. The van der Waals surface area contributed by atoms with E-state index in [-0.39, 0.29) is 5.91 Å². The van der Waals surface area contributed by atoms with Gasteiger partial charge in [0, 0.05) is 17.0 Å². The summed E-state index contributed by atoms with van der Waals surface area (Å²) in [4.78, 5) is 23.2. The van der Waals surface area contributed by atoms with Crippen molar-refractivity contribution in [2.75, 3.05) is 0 Å². The number of ether oxygens (including phenoxy) is 1. The molecule has 5 nitrogen and oxygen atoms in total. The van der Waals surface area contributed by atoms with Crippen LogP contribution in [0.3, 0.4) is 0 Å². The summed E-state index contributed by atoms with van der Waals surface area (Å²) in [6, 6.07) is 16.9. The van der Waals surface area contributed by atoms with E-state index in [1.807, 2.05) is 43.3 Å². The van der Waals surface area contributed by atoms with E-state index >= 15 is 0 Å². The van der Waals surface area contributed by atoms with Crippen LogP contribution in [0, 0.1) is 13.8 Å². The van der Waals surface area contributed by atoms with Crippen molar-refractivity contribution in [1.82, 2.24) is 15.3 Å². The molecule has 140 valence electrons. The van der Waals surface area contributed by atoms with Crippen LogP contribution in [0.1, 0.15) is 26.4 Å². The molecule has 0 saturated carbocycles. The Morgan fingerprint density at radius 3 is 2.71 bits per heavy atom. The van der Waals surface area contributed by atoms with Gasteiger partial charge < -0.3 is 10.1 Å². The highest BCUT2D eigenvalue weighted by Crippen LogP contribution is 2.35. The number of thiophene rings is 1. The lowest BCUT2D eigenvalue weighted by Crippen LogP contribution is -2.22. The molecule has 0 radical (unpaired) electrons. The smallest absolute Gasteiger partial charge is 0.251 e. The van der Waals surface area contributed by atoms with Crippen molar-refractivity contribution in [2.24, 2.45) is 0 Å². The van der Waals surface area contributed by atoms with Crippen LogP contribution in [-0.2, 0) is 6.54 Å². The van der Waals surface area contributed by atoms with Crippen molar-refractivity contribution < 1.29 is 9.53 Å². The molecule has 0 aliphatic carbocycles. The predicted octanol–water partition coefficient (Wildman–Crippen LogP) is 5.03. The highest BCUT2D eigenvalue weighted by molar-refractivity contribution is 7.18. The molecule has 1 N–H and O–H groups in total. The quantitative estimate of drug-likeness (QED) is 0.520. The second kappa shape index (κ2) is 7.78. The SMILES string of the molecule is Cc1sc2ncnc(Oc3cccc(C(=O)NCc4ccccc4)c3)c2c1C. The van der Waals surface area contributed by atoms with Crippen LogP contribution in [0.4, 0.5) is 0 Å². The third-order valence-electron chi connectivity index (χ3n) is 4.54. The second-order valence-corrected chi connectivity index (χ2v) is 7.64. The summed E-state index contributed by atoms with van der Waals surface area (Å²) < 4.78 is 6.01. The van der Waals surface area contributed by atoms with E-state index in [2.05, 4.69) is 22.2 Å². The molecular formula is C22H19N3O2S. The lowest BCUT2D eigenvalue weighted by molar-refractivity contribution is 0.0950. The Hall–Kier alpha value is -3.25. The fourth-order valence-electron chi connectivity index (χ4n) is 2.92. The summed E-state index contributed by atoms with van der Waals surface area (Å²) in [6.07, 6.45) is 1.50. The average Bonchev–Trinajstić information content (AvgIpc) is 3.02. The van der Waals surface area contributed by atoms with Gasteiger partial charge in [-0.1, -0.05) is 36.4 Å². The maximum atomic E-state index is 12.5. The number of hydrogen-bond acceptors (Lipinski definition) is 5. The molecule has 2 aromatic heterocycles. The summed E-state index contributed by atoms with van der Waals surface area (Å²) in [7, 11) is 0. The molecule has 0 atom stereocenters. The largest absolute Gasteiger partial charge is 0.438 e. The number of rotatable bonds is 5. The van der Waals surface area contributed by atoms with Crippen molar-refractivity contribution in [3.63, 3.8) is 0 Å². The van der Waals surface area contributed by atoms with Gasteiger partial charge in [-0.3, -0.25) is 4.79 Å². The molecule has 0 aliphatic rings. The number of carbonyl (C=O) groups is 1. The molecular weight excluding hydrogens is 370 g/mol. The second-order valence-electron chi connectivity index (χ2n) is 6.44. The molecule has 28 heavy (non-hydrogen) atoms. The molecule has 2 heterocycles. The molecule has 1 amide bonds. The van der Waals surface area contributed by atoms with Crippen LogP contribution in [0.2, 0.25) is 0 Å². The van der Waals surface area contributed by atoms with Crippen molar-refractivity contribution >= 4 is 27.5 Å². The number of benzene rings is 2. The summed E-state index contributed by atoms with van der Waals surface area (Å²) in [6.45, 7) is 4.58. The summed E-state index contributed by atoms with van der Waals surface area (Å²) in [5.74, 6) is 0.925. The van der Waals surface area contributed by atoms with Crippen molar-refractivity contribution in [3.8, 4) is 11.6 Å². The standard InChI is InChI=1S/C22H19N3O2S/c1-14-15(2)28-22-19(14)21(24-13-25-22)27-18-10-6-9-17(11-18)20(26)23-12-16-7-4-3-5-8-16/h3-11,13H,12H2,1-2H3,(H,23,26). The van der Waals surface area contributed by atoms with Crippen molar-refractivity contribution in [2.45, 2.75) is 20.4 Å². The fraction of sp³-hybridized carbons (Fsp3) is 0.136. The topological polar surface area (TPSA) is 64.1 Å². The molecule has 4 rings (SSSR count). The lowest BCUT2D eigenvalue weighted by Gasteiger charge is -2.09. The van der Waals surface area contributed by atoms with Gasteiger partial charge in [0.1, 0.15) is 16.9 Å². The third kappa shape index (κ3) is 3.73. The molecule has 0 saturated heterocycles. The third-order valence-corrected chi connectivity index (χ3v) is 5.65. The number of nitrogens with zero attached hydrogens (tertiary/aromatic N) is 2. The van der Waals surface area contributed by atoms with Crippen LogP contribution in [-0.4, -0.2) is 15.9 Å². The Kier molecular flexibility index (Phi) is 5.04. The number of fused-ring (bicyclic) bond motifs is 1. The van der Waals surface area contributed by atoms with Crippen LogP contribution in [0.5, 0.6) is 11.6 Å². The van der Waals surface area contributed by atoms with Gasteiger partial charge in [-0.05, 0) is 43.2 Å². The minimum absolute atomic E-state index is 0.148.